The summed E-state index contributed by atoms with van der Waals surface area (Å²) in [5.41, 5.74) is 1.68. The zero-order valence-corrected chi connectivity index (χ0v) is 13.4. The number of carbonyl (C=O) groups is 2. The Bertz CT molecular complexity index is 671. The van der Waals surface area contributed by atoms with E-state index in [9.17, 15) is 9.59 Å². The Morgan fingerprint density at radius 1 is 1.13 bits per heavy atom. The van der Waals surface area contributed by atoms with Gasteiger partial charge in [0.25, 0.3) is 11.8 Å². The van der Waals surface area contributed by atoms with E-state index in [4.69, 9.17) is 0 Å². The molecule has 23 heavy (non-hydrogen) atoms. The third kappa shape index (κ3) is 4.64. The van der Waals surface area contributed by atoms with E-state index in [0.717, 1.165) is 12.0 Å². The summed E-state index contributed by atoms with van der Waals surface area (Å²) in [5, 5.41) is 5.67. The summed E-state index contributed by atoms with van der Waals surface area (Å²) in [6, 6.07) is 12.7. The van der Waals surface area contributed by atoms with Crippen LogP contribution in [0.25, 0.3) is 0 Å². The maximum Gasteiger partial charge on any atom is 0.270 e. The number of nitrogens with one attached hydrogen (secondary N) is 2. The van der Waals surface area contributed by atoms with Crippen LogP contribution in [0, 0.1) is 0 Å². The molecule has 1 heterocycles. The highest BCUT2D eigenvalue weighted by Gasteiger charge is 2.14. The molecule has 0 spiro atoms. The van der Waals surface area contributed by atoms with Crippen LogP contribution in [0.4, 0.5) is 0 Å². The first kappa shape index (κ1) is 16.7. The molecule has 5 nitrogen and oxygen atoms in total. The fraction of sp³-hybridized carbons (Fsp3) is 0.278. The first-order valence-electron chi connectivity index (χ1n) is 7.72. The van der Waals surface area contributed by atoms with Crippen LogP contribution >= 0.6 is 0 Å². The Morgan fingerprint density at radius 3 is 2.57 bits per heavy atom. The maximum atomic E-state index is 12.3. The van der Waals surface area contributed by atoms with Crippen LogP contribution in [-0.2, 0) is 0 Å². The fourth-order valence-electron chi connectivity index (χ4n) is 2.13. The normalized spacial score (nSPS) is 11.6. The number of hydrogen-bond donors (Lipinski definition) is 2. The minimum absolute atomic E-state index is 0.136. The Balaban J connectivity index is 2.06. The molecular formula is C18H21N3O2. The second-order valence-electron chi connectivity index (χ2n) is 5.29. The number of pyridine rings is 1. The van der Waals surface area contributed by atoms with Crippen LogP contribution < -0.4 is 10.6 Å². The van der Waals surface area contributed by atoms with Crippen LogP contribution in [0.3, 0.4) is 0 Å². The molecule has 0 aliphatic heterocycles. The number of nitrogens with zero attached hydrogens (tertiary/aromatic N) is 1. The molecule has 0 bridgehead atoms. The number of hydrogen-bond acceptors (Lipinski definition) is 3. The molecule has 0 aliphatic rings. The largest absolute Gasteiger partial charge is 0.352 e. The van der Waals surface area contributed by atoms with E-state index in [1.165, 1.54) is 12.3 Å². The highest BCUT2D eigenvalue weighted by atomic mass is 16.2. The highest BCUT2D eigenvalue weighted by molar-refractivity contribution is 5.98. The molecule has 2 amide bonds. The third-order valence-electron chi connectivity index (χ3n) is 3.44. The van der Waals surface area contributed by atoms with Crippen LogP contribution in [-0.4, -0.2) is 23.3 Å². The molecule has 1 atom stereocenters. The zero-order valence-electron chi connectivity index (χ0n) is 13.4. The van der Waals surface area contributed by atoms with Gasteiger partial charge in [0.15, 0.2) is 0 Å². The Hall–Kier alpha value is -2.69. The summed E-state index contributed by atoms with van der Waals surface area (Å²) in [6.45, 7) is 4.50. The standard InChI is InChI=1S/C18H21N3O2/c1-3-10-20-17(22)15-9-11-19-16(12-15)18(23)21-13(2)14-7-5-4-6-8-14/h4-9,11-13H,3,10H2,1-2H3,(H,20,22)(H,21,23). The van der Waals surface area contributed by atoms with Gasteiger partial charge in [-0.1, -0.05) is 37.3 Å². The molecule has 0 radical (unpaired) electrons. The number of rotatable bonds is 6. The van der Waals surface area contributed by atoms with Crippen molar-refractivity contribution in [3.8, 4) is 0 Å². The van der Waals surface area contributed by atoms with E-state index < -0.39 is 0 Å². The summed E-state index contributed by atoms with van der Waals surface area (Å²) in [7, 11) is 0. The van der Waals surface area contributed by atoms with Crippen molar-refractivity contribution in [2.75, 3.05) is 6.54 Å². The van der Waals surface area contributed by atoms with Crippen molar-refractivity contribution in [3.05, 3.63) is 65.5 Å². The molecular weight excluding hydrogens is 290 g/mol. The molecule has 0 fully saturated rings. The summed E-state index contributed by atoms with van der Waals surface area (Å²) < 4.78 is 0. The van der Waals surface area contributed by atoms with Crippen molar-refractivity contribution in [3.63, 3.8) is 0 Å². The van der Waals surface area contributed by atoms with Crippen molar-refractivity contribution < 1.29 is 9.59 Å². The van der Waals surface area contributed by atoms with E-state index in [1.54, 1.807) is 6.07 Å². The van der Waals surface area contributed by atoms with Gasteiger partial charge in [-0.3, -0.25) is 14.6 Å². The van der Waals surface area contributed by atoms with Gasteiger partial charge < -0.3 is 10.6 Å². The van der Waals surface area contributed by atoms with E-state index in [1.807, 2.05) is 44.2 Å². The van der Waals surface area contributed by atoms with Gasteiger partial charge in [0.05, 0.1) is 6.04 Å². The third-order valence-corrected chi connectivity index (χ3v) is 3.44. The predicted molar refractivity (Wildman–Crippen MR) is 89.2 cm³/mol. The number of benzene rings is 1. The number of carbonyl (C=O) groups excluding carboxylic acids is 2. The lowest BCUT2D eigenvalue weighted by Crippen LogP contribution is -2.28. The van der Waals surface area contributed by atoms with Gasteiger partial charge in [0.1, 0.15) is 5.69 Å². The first-order valence-corrected chi connectivity index (χ1v) is 7.72. The van der Waals surface area contributed by atoms with Gasteiger partial charge in [-0.05, 0) is 31.0 Å². The Labute approximate surface area is 136 Å². The van der Waals surface area contributed by atoms with Gasteiger partial charge in [0, 0.05) is 18.3 Å². The monoisotopic (exact) mass is 311 g/mol. The van der Waals surface area contributed by atoms with Crippen molar-refractivity contribution >= 4 is 11.8 Å². The minimum Gasteiger partial charge on any atom is -0.352 e. The fourth-order valence-corrected chi connectivity index (χ4v) is 2.13. The molecule has 5 heteroatoms. The van der Waals surface area contributed by atoms with Gasteiger partial charge in [-0.25, -0.2) is 0 Å². The molecule has 1 unspecified atom stereocenters. The van der Waals surface area contributed by atoms with Crippen molar-refractivity contribution in [1.29, 1.82) is 0 Å². The number of amides is 2. The van der Waals surface area contributed by atoms with Crippen LogP contribution in [0.5, 0.6) is 0 Å². The lowest BCUT2D eigenvalue weighted by Gasteiger charge is -2.14. The smallest absolute Gasteiger partial charge is 0.270 e. The van der Waals surface area contributed by atoms with Gasteiger partial charge in [-0.15, -0.1) is 0 Å². The van der Waals surface area contributed by atoms with Gasteiger partial charge >= 0.3 is 0 Å². The second-order valence-corrected chi connectivity index (χ2v) is 5.29. The molecule has 0 aliphatic carbocycles. The lowest BCUT2D eigenvalue weighted by molar-refractivity contribution is 0.0935. The lowest BCUT2D eigenvalue weighted by atomic mass is 10.1. The predicted octanol–water partition coefficient (Wildman–Crippen LogP) is 2.71. The molecule has 2 N–H and O–H groups in total. The highest BCUT2D eigenvalue weighted by Crippen LogP contribution is 2.12. The molecule has 0 saturated carbocycles. The van der Waals surface area contributed by atoms with Gasteiger partial charge in [0.2, 0.25) is 0 Å². The van der Waals surface area contributed by atoms with Crippen molar-refractivity contribution in [2.24, 2.45) is 0 Å². The summed E-state index contributed by atoms with van der Waals surface area (Å²) in [4.78, 5) is 28.3. The van der Waals surface area contributed by atoms with E-state index in [-0.39, 0.29) is 23.6 Å². The average Bonchev–Trinajstić information content (AvgIpc) is 2.60. The summed E-state index contributed by atoms with van der Waals surface area (Å²) >= 11 is 0. The van der Waals surface area contributed by atoms with Crippen molar-refractivity contribution in [2.45, 2.75) is 26.3 Å². The molecule has 120 valence electrons. The maximum absolute atomic E-state index is 12.3. The zero-order chi connectivity index (χ0) is 16.7. The Morgan fingerprint density at radius 2 is 1.87 bits per heavy atom. The van der Waals surface area contributed by atoms with E-state index >= 15 is 0 Å². The van der Waals surface area contributed by atoms with E-state index in [0.29, 0.717) is 12.1 Å². The van der Waals surface area contributed by atoms with Crippen LogP contribution in [0.2, 0.25) is 0 Å². The molecule has 1 aromatic carbocycles. The number of aromatic nitrogens is 1. The average molecular weight is 311 g/mol. The van der Waals surface area contributed by atoms with Crippen LogP contribution in [0.15, 0.2) is 48.7 Å². The summed E-state index contributed by atoms with van der Waals surface area (Å²) in [5.74, 6) is -0.495. The minimum atomic E-state index is -0.300. The van der Waals surface area contributed by atoms with Crippen LogP contribution in [0.1, 0.15) is 52.7 Å². The molecule has 1 aromatic heterocycles. The second kappa shape index (κ2) is 8.08. The SMILES string of the molecule is CCCNC(=O)c1ccnc(C(=O)NC(C)c2ccccc2)c1. The Kier molecular flexibility index (Phi) is 5.86. The topological polar surface area (TPSA) is 71.1 Å². The van der Waals surface area contributed by atoms with E-state index in [2.05, 4.69) is 15.6 Å². The van der Waals surface area contributed by atoms with Crippen molar-refractivity contribution in [1.82, 2.24) is 15.6 Å². The quantitative estimate of drug-likeness (QED) is 0.861. The molecule has 2 rings (SSSR count). The molecule has 2 aromatic rings. The molecule has 0 saturated heterocycles. The summed E-state index contributed by atoms with van der Waals surface area (Å²) in [6.07, 6.45) is 2.34. The first-order chi connectivity index (χ1) is 11.1. The van der Waals surface area contributed by atoms with Gasteiger partial charge in [-0.2, -0.15) is 0 Å².